The van der Waals surface area contributed by atoms with E-state index in [-0.39, 0.29) is 42.4 Å². The highest BCUT2D eigenvalue weighted by atomic mass is 35.5. The lowest BCUT2D eigenvalue weighted by atomic mass is 10.1. The molecular formula is C24H23ClF2N4O5. The lowest BCUT2D eigenvalue weighted by Crippen LogP contribution is -2.46. The van der Waals surface area contributed by atoms with Crippen molar-refractivity contribution in [3.8, 4) is 11.5 Å². The van der Waals surface area contributed by atoms with Crippen molar-refractivity contribution in [3.05, 3.63) is 59.0 Å². The highest BCUT2D eigenvalue weighted by Gasteiger charge is 2.40. The van der Waals surface area contributed by atoms with Crippen LogP contribution in [0.25, 0.3) is 10.9 Å². The maximum atomic E-state index is 14.3. The number of primary amides is 1. The average Bonchev–Trinajstić information content (AvgIpc) is 3.40. The van der Waals surface area contributed by atoms with Gasteiger partial charge in [0.05, 0.1) is 24.2 Å². The Morgan fingerprint density at radius 3 is 2.67 bits per heavy atom. The van der Waals surface area contributed by atoms with Crippen LogP contribution in [0.1, 0.15) is 12.0 Å². The van der Waals surface area contributed by atoms with Crippen LogP contribution < -0.4 is 20.5 Å². The fraction of sp³-hybridized carbons (Fsp3) is 0.292. The third kappa shape index (κ3) is 5.06. The molecule has 1 aliphatic heterocycles. The summed E-state index contributed by atoms with van der Waals surface area (Å²) >= 11 is 5.77. The Labute approximate surface area is 209 Å². The second-order valence-corrected chi connectivity index (χ2v) is 8.63. The summed E-state index contributed by atoms with van der Waals surface area (Å²) in [5.74, 6) is -1.30. The molecular weight excluding hydrogens is 498 g/mol. The van der Waals surface area contributed by atoms with Crippen LogP contribution in [0.5, 0.6) is 11.5 Å². The molecule has 0 saturated carbocycles. The maximum absolute atomic E-state index is 14.3. The standard InChI is InChI=1S/C24H23ClF2N4O5/c1-35-18-7-3-5-15-19(36-24(28)34)11-30(22(15)18)12-20(32)31-10-14(26)8-17(31)23(33)29-9-13-4-2-6-16(25)21(13)27/h2-7,11,14,17H,8-10,12H2,1H3,(H2,28,34)(H,29,33)/t14-,17+/m1/s1. The molecule has 3 N–H and O–H groups in total. The molecule has 1 aromatic heterocycles. The molecule has 2 heterocycles. The number of nitrogens with two attached hydrogens (primary N) is 1. The molecule has 190 valence electrons. The lowest BCUT2D eigenvalue weighted by molar-refractivity contribution is -0.139. The number of para-hydroxylation sites is 1. The molecule has 1 saturated heterocycles. The van der Waals surface area contributed by atoms with Crippen LogP contribution >= 0.6 is 11.6 Å². The maximum Gasteiger partial charge on any atom is 0.410 e. The van der Waals surface area contributed by atoms with E-state index < -0.39 is 35.9 Å². The summed E-state index contributed by atoms with van der Waals surface area (Å²) in [7, 11) is 1.44. The number of nitrogens with one attached hydrogen (secondary N) is 1. The van der Waals surface area contributed by atoms with Crippen LogP contribution in [0.4, 0.5) is 13.6 Å². The van der Waals surface area contributed by atoms with E-state index in [0.717, 1.165) is 4.90 Å². The number of amides is 3. The van der Waals surface area contributed by atoms with Gasteiger partial charge in [0, 0.05) is 30.1 Å². The zero-order valence-corrected chi connectivity index (χ0v) is 19.9. The molecule has 0 spiro atoms. The fourth-order valence-electron chi connectivity index (χ4n) is 4.30. The lowest BCUT2D eigenvalue weighted by Gasteiger charge is -2.24. The Bertz CT molecular complexity index is 1330. The van der Waals surface area contributed by atoms with Crippen LogP contribution in [0, 0.1) is 5.82 Å². The van der Waals surface area contributed by atoms with Crippen LogP contribution in [-0.4, -0.2) is 53.2 Å². The topological polar surface area (TPSA) is 116 Å². The van der Waals surface area contributed by atoms with Gasteiger partial charge in [-0.1, -0.05) is 29.8 Å². The number of nitrogens with zero attached hydrogens (tertiary/aromatic N) is 2. The molecule has 2 atom stereocenters. The fourth-order valence-corrected chi connectivity index (χ4v) is 4.50. The Morgan fingerprint density at radius 2 is 1.94 bits per heavy atom. The largest absolute Gasteiger partial charge is 0.495 e. The number of methoxy groups -OCH3 is 1. The first-order valence-electron chi connectivity index (χ1n) is 11.0. The molecule has 3 amide bonds. The highest BCUT2D eigenvalue weighted by molar-refractivity contribution is 6.30. The van der Waals surface area contributed by atoms with Crippen molar-refractivity contribution < 1.29 is 32.6 Å². The number of alkyl halides is 1. The molecule has 3 aromatic rings. The van der Waals surface area contributed by atoms with E-state index in [2.05, 4.69) is 5.32 Å². The number of hydrogen-bond donors (Lipinski definition) is 2. The monoisotopic (exact) mass is 520 g/mol. The summed E-state index contributed by atoms with van der Waals surface area (Å²) in [4.78, 5) is 38.5. The van der Waals surface area contributed by atoms with Crippen molar-refractivity contribution in [2.45, 2.75) is 31.7 Å². The van der Waals surface area contributed by atoms with E-state index in [1.54, 1.807) is 24.3 Å². The first-order chi connectivity index (χ1) is 17.2. The van der Waals surface area contributed by atoms with E-state index in [1.165, 1.54) is 30.0 Å². The van der Waals surface area contributed by atoms with Gasteiger partial charge in [0.2, 0.25) is 11.8 Å². The molecule has 0 unspecified atom stereocenters. The molecule has 0 aliphatic carbocycles. The molecule has 1 fully saturated rings. The number of carbonyl (C=O) groups excluding carboxylic acids is 3. The summed E-state index contributed by atoms with van der Waals surface area (Å²) in [6.07, 6.45) is -1.22. The average molecular weight is 521 g/mol. The molecule has 0 radical (unpaired) electrons. The van der Waals surface area contributed by atoms with Gasteiger partial charge in [0.1, 0.15) is 30.3 Å². The van der Waals surface area contributed by atoms with Gasteiger partial charge in [-0.25, -0.2) is 13.6 Å². The Kier molecular flexibility index (Phi) is 7.30. The van der Waals surface area contributed by atoms with Crippen molar-refractivity contribution in [3.63, 3.8) is 0 Å². The summed E-state index contributed by atoms with van der Waals surface area (Å²) in [6.45, 7) is -0.740. The van der Waals surface area contributed by atoms with Crippen LogP contribution in [0.2, 0.25) is 5.02 Å². The Balaban J connectivity index is 1.54. The summed E-state index contributed by atoms with van der Waals surface area (Å²) in [5.41, 5.74) is 5.78. The van der Waals surface area contributed by atoms with Gasteiger partial charge in [0.25, 0.3) is 0 Å². The van der Waals surface area contributed by atoms with Crippen molar-refractivity contribution in [2.75, 3.05) is 13.7 Å². The molecule has 36 heavy (non-hydrogen) atoms. The molecule has 0 bridgehead atoms. The van der Waals surface area contributed by atoms with E-state index in [9.17, 15) is 23.2 Å². The highest BCUT2D eigenvalue weighted by Crippen LogP contribution is 2.35. The third-order valence-electron chi connectivity index (χ3n) is 5.92. The van der Waals surface area contributed by atoms with Crippen molar-refractivity contribution in [1.82, 2.24) is 14.8 Å². The van der Waals surface area contributed by atoms with Crippen molar-refractivity contribution >= 4 is 40.4 Å². The number of likely N-dealkylation sites (tertiary alicyclic amines) is 1. The Morgan fingerprint density at radius 1 is 1.19 bits per heavy atom. The molecule has 9 nitrogen and oxygen atoms in total. The predicted molar refractivity (Wildman–Crippen MR) is 127 cm³/mol. The normalized spacial score (nSPS) is 17.3. The molecule has 1 aliphatic rings. The van der Waals surface area contributed by atoms with E-state index in [0.29, 0.717) is 16.7 Å². The zero-order chi connectivity index (χ0) is 26.0. The van der Waals surface area contributed by atoms with Gasteiger partial charge < -0.3 is 30.0 Å². The number of aromatic nitrogens is 1. The smallest absolute Gasteiger partial charge is 0.410 e. The first kappa shape index (κ1) is 25.2. The number of rotatable bonds is 7. The quantitative estimate of drug-likeness (QED) is 0.496. The van der Waals surface area contributed by atoms with Crippen LogP contribution in [-0.2, 0) is 22.7 Å². The van der Waals surface area contributed by atoms with Crippen LogP contribution in [0.15, 0.2) is 42.6 Å². The molecule has 4 rings (SSSR count). The first-order valence-corrected chi connectivity index (χ1v) is 11.3. The second kappa shape index (κ2) is 10.4. The van der Waals surface area contributed by atoms with Gasteiger partial charge in [-0.15, -0.1) is 0 Å². The van der Waals surface area contributed by atoms with Gasteiger partial charge >= 0.3 is 6.09 Å². The van der Waals surface area contributed by atoms with Crippen LogP contribution in [0.3, 0.4) is 0 Å². The SMILES string of the molecule is COc1cccc2c(OC(N)=O)cn(CC(=O)N3C[C@H](F)C[C@H]3C(=O)NCc3cccc(Cl)c3F)c12. The zero-order valence-electron chi connectivity index (χ0n) is 19.2. The Hall–Kier alpha value is -3.86. The van der Waals surface area contributed by atoms with E-state index in [1.807, 2.05) is 0 Å². The number of halogens is 3. The molecule has 12 heteroatoms. The minimum Gasteiger partial charge on any atom is -0.495 e. The van der Waals surface area contributed by atoms with E-state index in [4.69, 9.17) is 26.8 Å². The third-order valence-corrected chi connectivity index (χ3v) is 6.21. The number of benzene rings is 2. The summed E-state index contributed by atoms with van der Waals surface area (Å²) in [6, 6.07) is 8.31. The number of fused-ring (bicyclic) bond motifs is 1. The van der Waals surface area contributed by atoms with Gasteiger partial charge in [-0.2, -0.15) is 0 Å². The minimum absolute atomic E-state index is 0.0858. The van der Waals surface area contributed by atoms with Crippen molar-refractivity contribution in [1.29, 1.82) is 0 Å². The van der Waals surface area contributed by atoms with Gasteiger partial charge in [0.15, 0.2) is 5.75 Å². The minimum atomic E-state index is -1.41. The predicted octanol–water partition coefficient (Wildman–Crippen LogP) is 3.16. The van der Waals surface area contributed by atoms with Crippen molar-refractivity contribution in [2.24, 2.45) is 5.73 Å². The van der Waals surface area contributed by atoms with Gasteiger partial charge in [-0.05, 0) is 18.2 Å². The second-order valence-electron chi connectivity index (χ2n) is 8.22. The van der Waals surface area contributed by atoms with E-state index >= 15 is 0 Å². The number of ether oxygens (including phenoxy) is 2. The summed E-state index contributed by atoms with van der Waals surface area (Å²) in [5, 5.41) is 2.95. The van der Waals surface area contributed by atoms with Gasteiger partial charge in [-0.3, -0.25) is 9.59 Å². The number of carbonyl (C=O) groups is 3. The molecule has 2 aromatic carbocycles. The summed E-state index contributed by atoms with van der Waals surface area (Å²) < 4.78 is 40.4. The number of hydrogen-bond acceptors (Lipinski definition) is 5.